The minimum atomic E-state index is 0.0915. The first-order chi connectivity index (χ1) is 10.3. The molecule has 0 saturated heterocycles. The molecule has 4 N–H and O–H groups in total. The van der Waals surface area contributed by atoms with Crippen LogP contribution in [0.25, 0.3) is 11.1 Å². The highest BCUT2D eigenvalue weighted by Crippen LogP contribution is 2.24. The second-order valence-corrected chi connectivity index (χ2v) is 4.41. The molecule has 0 fully saturated rings. The highest BCUT2D eigenvalue weighted by atomic mass is 19.1. The Labute approximate surface area is 121 Å². The molecular weight excluding hydrogens is 277 g/mol. The number of hydrogen-bond acceptors (Lipinski definition) is 6. The number of nitrogens with zero attached hydrogens (tertiary/aromatic N) is 1. The van der Waals surface area contributed by atoms with E-state index in [-0.39, 0.29) is 19.8 Å². The van der Waals surface area contributed by atoms with Gasteiger partial charge in [-0.15, -0.1) is 0 Å². The van der Waals surface area contributed by atoms with E-state index >= 15 is 0 Å². The minimum absolute atomic E-state index is 0.0915. The third-order valence-corrected chi connectivity index (χ3v) is 2.81. The van der Waals surface area contributed by atoms with Gasteiger partial charge >= 0.3 is 0 Å². The van der Waals surface area contributed by atoms with Crippen molar-refractivity contribution in [1.29, 1.82) is 0 Å². The van der Waals surface area contributed by atoms with Gasteiger partial charge in [0.05, 0.1) is 6.33 Å². The van der Waals surface area contributed by atoms with Gasteiger partial charge in [0.1, 0.15) is 17.9 Å². The van der Waals surface area contributed by atoms with Crippen LogP contribution < -0.4 is 15.8 Å². The lowest BCUT2D eigenvalue weighted by Crippen LogP contribution is -2.10. The Hall–Kier alpha value is -2.12. The van der Waals surface area contributed by atoms with E-state index in [2.05, 4.69) is 10.3 Å². The molecule has 0 amide bonds. The van der Waals surface area contributed by atoms with Crippen LogP contribution in [-0.2, 0) is 0 Å². The van der Waals surface area contributed by atoms with Gasteiger partial charge in [-0.25, -0.2) is 4.39 Å². The maximum atomic E-state index is 12.4. The summed E-state index contributed by atoms with van der Waals surface area (Å²) < 4.78 is 23.3. The van der Waals surface area contributed by atoms with Gasteiger partial charge in [-0.05, 0) is 18.6 Å². The zero-order chi connectivity index (χ0) is 15.1. The van der Waals surface area contributed by atoms with Crippen molar-refractivity contribution in [1.82, 2.24) is 4.98 Å². The fourth-order valence-corrected chi connectivity index (χ4v) is 1.66. The van der Waals surface area contributed by atoms with E-state index in [1.807, 2.05) is 0 Å². The van der Waals surface area contributed by atoms with Crippen molar-refractivity contribution in [3.8, 4) is 5.75 Å². The summed E-state index contributed by atoms with van der Waals surface area (Å²) in [6.07, 6.45) is 1.07. The molecule has 1 heterocycles. The summed E-state index contributed by atoms with van der Waals surface area (Å²) >= 11 is 0. The number of benzene rings is 1. The molecule has 0 radical (unpaired) electrons. The Kier molecular flexibility index (Phi) is 5.53. The number of anilines is 1. The van der Waals surface area contributed by atoms with E-state index in [0.717, 1.165) is 0 Å². The second-order valence-electron chi connectivity index (χ2n) is 4.41. The number of aromatic nitrogens is 1. The largest absolute Gasteiger partial charge is 0.489 e. The predicted molar refractivity (Wildman–Crippen MR) is 77.9 cm³/mol. The van der Waals surface area contributed by atoms with Crippen LogP contribution in [0.1, 0.15) is 6.42 Å². The van der Waals surface area contributed by atoms with Crippen molar-refractivity contribution in [2.45, 2.75) is 6.42 Å². The number of nitrogens with one attached hydrogen (secondary N) is 1. The van der Waals surface area contributed by atoms with Gasteiger partial charge in [-0.1, -0.05) is 0 Å². The zero-order valence-electron chi connectivity index (χ0n) is 11.5. The maximum Gasteiger partial charge on any atom is 0.295 e. The van der Waals surface area contributed by atoms with E-state index in [9.17, 15) is 4.39 Å². The van der Waals surface area contributed by atoms with Crippen molar-refractivity contribution in [3.63, 3.8) is 0 Å². The minimum Gasteiger partial charge on any atom is -0.489 e. The SMILES string of the molecule is NC/C(=C\F)COc1ccc2nc(NCCCO)oc2c1. The second kappa shape index (κ2) is 7.61. The summed E-state index contributed by atoms with van der Waals surface area (Å²) in [5.41, 5.74) is 6.99. The number of nitrogens with two attached hydrogens (primary N) is 1. The highest BCUT2D eigenvalue weighted by molar-refractivity contribution is 5.76. The number of aliphatic hydroxyl groups is 1. The van der Waals surface area contributed by atoms with Crippen LogP contribution in [0.3, 0.4) is 0 Å². The molecule has 0 spiro atoms. The predicted octanol–water partition coefficient (Wildman–Crippen LogP) is 1.81. The highest BCUT2D eigenvalue weighted by Gasteiger charge is 2.07. The van der Waals surface area contributed by atoms with Crippen molar-refractivity contribution in [2.24, 2.45) is 5.73 Å². The molecule has 0 bridgehead atoms. The number of rotatable bonds is 8. The maximum absolute atomic E-state index is 12.4. The third kappa shape index (κ3) is 4.17. The van der Waals surface area contributed by atoms with Crippen molar-refractivity contribution in [3.05, 3.63) is 30.1 Å². The summed E-state index contributed by atoms with van der Waals surface area (Å²) in [6.45, 7) is 0.888. The summed E-state index contributed by atoms with van der Waals surface area (Å²) in [5.74, 6) is 0.549. The molecule has 1 aromatic heterocycles. The lowest BCUT2D eigenvalue weighted by Gasteiger charge is -2.06. The zero-order valence-corrected chi connectivity index (χ0v) is 11.5. The average Bonchev–Trinajstić information content (AvgIpc) is 2.90. The Balaban J connectivity index is 2.03. The van der Waals surface area contributed by atoms with E-state index < -0.39 is 0 Å². The molecule has 7 heteroatoms. The van der Waals surface area contributed by atoms with Crippen LogP contribution in [0, 0.1) is 0 Å². The molecule has 6 nitrogen and oxygen atoms in total. The number of fused-ring (bicyclic) bond motifs is 1. The van der Waals surface area contributed by atoms with Gasteiger partial charge in [0.25, 0.3) is 6.01 Å². The van der Waals surface area contributed by atoms with E-state index in [1.165, 1.54) is 0 Å². The Morgan fingerprint density at radius 1 is 1.52 bits per heavy atom. The Morgan fingerprint density at radius 3 is 3.10 bits per heavy atom. The first-order valence-corrected chi connectivity index (χ1v) is 6.63. The van der Waals surface area contributed by atoms with Crippen LogP contribution in [0.4, 0.5) is 10.4 Å². The monoisotopic (exact) mass is 295 g/mol. The molecule has 2 rings (SSSR count). The van der Waals surface area contributed by atoms with Crippen LogP contribution >= 0.6 is 0 Å². The van der Waals surface area contributed by atoms with E-state index in [1.54, 1.807) is 18.2 Å². The smallest absolute Gasteiger partial charge is 0.295 e. The van der Waals surface area contributed by atoms with Gasteiger partial charge in [0, 0.05) is 31.3 Å². The molecule has 0 aliphatic heterocycles. The van der Waals surface area contributed by atoms with Gasteiger partial charge < -0.3 is 25.3 Å². The first-order valence-electron chi connectivity index (χ1n) is 6.63. The van der Waals surface area contributed by atoms with E-state index in [4.69, 9.17) is 20.0 Å². The molecule has 0 aliphatic carbocycles. The molecule has 0 atom stereocenters. The third-order valence-electron chi connectivity index (χ3n) is 2.81. The molecule has 0 unspecified atom stereocenters. The number of ether oxygens (including phenoxy) is 1. The van der Waals surface area contributed by atoms with Gasteiger partial charge in [0.15, 0.2) is 5.58 Å². The number of hydrogen-bond donors (Lipinski definition) is 3. The van der Waals surface area contributed by atoms with Crippen LogP contribution in [0.2, 0.25) is 0 Å². The van der Waals surface area contributed by atoms with Gasteiger partial charge in [0.2, 0.25) is 0 Å². The normalized spacial score (nSPS) is 11.9. The van der Waals surface area contributed by atoms with E-state index in [0.29, 0.717) is 47.7 Å². The average molecular weight is 295 g/mol. The molecular formula is C14H18FN3O3. The van der Waals surface area contributed by atoms with Gasteiger partial charge in [-0.2, -0.15) is 4.98 Å². The molecule has 0 aliphatic rings. The van der Waals surface area contributed by atoms with Crippen LogP contribution in [0.5, 0.6) is 5.75 Å². The van der Waals surface area contributed by atoms with Gasteiger partial charge in [-0.3, -0.25) is 0 Å². The number of halogens is 1. The first kappa shape index (κ1) is 15.3. The lowest BCUT2D eigenvalue weighted by atomic mass is 10.3. The quantitative estimate of drug-likeness (QED) is 0.643. The fourth-order valence-electron chi connectivity index (χ4n) is 1.66. The topological polar surface area (TPSA) is 93.5 Å². The van der Waals surface area contributed by atoms with Crippen LogP contribution in [-0.4, -0.2) is 36.4 Å². The number of aliphatic hydroxyl groups excluding tert-OH is 1. The molecule has 1 aromatic carbocycles. The fraction of sp³-hybridized carbons (Fsp3) is 0.357. The van der Waals surface area contributed by atoms with Crippen molar-refractivity contribution < 1.29 is 18.7 Å². The summed E-state index contributed by atoms with van der Waals surface area (Å²) in [6, 6.07) is 5.56. The van der Waals surface area contributed by atoms with Crippen LogP contribution in [0.15, 0.2) is 34.5 Å². The molecule has 114 valence electrons. The Bertz CT molecular complexity index is 613. The lowest BCUT2D eigenvalue weighted by molar-refractivity contribution is 0.292. The molecule has 2 aromatic rings. The molecule has 21 heavy (non-hydrogen) atoms. The van der Waals surface area contributed by atoms with Crippen molar-refractivity contribution in [2.75, 3.05) is 31.6 Å². The number of oxazole rings is 1. The summed E-state index contributed by atoms with van der Waals surface area (Å²) in [4.78, 5) is 4.25. The summed E-state index contributed by atoms with van der Waals surface area (Å²) in [7, 11) is 0. The standard InChI is InChI=1S/C14H18FN3O3/c15-7-10(8-16)9-20-11-2-3-12-13(6-11)21-14(18-12)17-4-1-5-19/h2-3,6-7,19H,1,4-5,8-9,16H2,(H,17,18)/b10-7+. The molecule has 0 saturated carbocycles. The summed E-state index contributed by atoms with van der Waals surface area (Å²) in [5, 5.41) is 11.7. The van der Waals surface area contributed by atoms with Crippen molar-refractivity contribution >= 4 is 17.1 Å². The Morgan fingerprint density at radius 2 is 2.38 bits per heavy atom.